The minimum Gasteiger partial charge on any atom is -0.477 e. The van der Waals surface area contributed by atoms with Crippen LogP contribution in [0.2, 0.25) is 0 Å². The molecular formula is C7H5O3S. The molecule has 0 unspecified atom stereocenters. The first-order valence-corrected chi connectivity index (χ1v) is 3.78. The first kappa shape index (κ1) is 7.94. The van der Waals surface area contributed by atoms with E-state index < -0.39 is 5.97 Å². The quantitative estimate of drug-likeness (QED) is 0.737. The van der Waals surface area contributed by atoms with Crippen molar-refractivity contribution in [2.75, 3.05) is 0 Å². The average molecular weight is 169 g/mol. The van der Waals surface area contributed by atoms with Gasteiger partial charge in [0.05, 0.1) is 0 Å². The smallest absolute Gasteiger partial charge is 0.346 e. The molecule has 0 saturated heterocycles. The Hall–Kier alpha value is -1.16. The van der Waals surface area contributed by atoms with Crippen molar-refractivity contribution in [1.82, 2.24) is 0 Å². The summed E-state index contributed by atoms with van der Waals surface area (Å²) in [7, 11) is 0. The molecule has 1 aromatic heterocycles. The summed E-state index contributed by atoms with van der Waals surface area (Å²) in [4.78, 5) is 20.6. The van der Waals surface area contributed by atoms with Crippen LogP contribution in [0.4, 0.5) is 0 Å². The van der Waals surface area contributed by atoms with E-state index in [0.29, 0.717) is 5.56 Å². The Morgan fingerprint density at radius 1 is 1.73 bits per heavy atom. The van der Waals surface area contributed by atoms with Gasteiger partial charge in [-0.3, -0.25) is 4.79 Å². The Balaban J connectivity index is 2.95. The highest BCUT2D eigenvalue weighted by atomic mass is 32.1. The summed E-state index contributed by atoms with van der Waals surface area (Å²) < 4.78 is 0. The number of thiophene rings is 1. The van der Waals surface area contributed by atoms with Crippen LogP contribution in [0, 0.1) is 0 Å². The summed E-state index contributed by atoms with van der Waals surface area (Å²) in [5, 5.41) is 10.2. The fourth-order valence-corrected chi connectivity index (χ4v) is 1.50. The van der Waals surface area contributed by atoms with E-state index in [1.54, 1.807) is 17.7 Å². The molecule has 1 radical (unpaired) electrons. The van der Waals surface area contributed by atoms with Crippen molar-refractivity contribution >= 4 is 23.6 Å². The third-order valence-corrected chi connectivity index (χ3v) is 2.15. The van der Waals surface area contributed by atoms with Gasteiger partial charge in [-0.15, -0.1) is 11.3 Å². The van der Waals surface area contributed by atoms with Crippen LogP contribution < -0.4 is 0 Å². The Kier molecular flexibility index (Phi) is 2.38. The van der Waals surface area contributed by atoms with Crippen LogP contribution in [0.5, 0.6) is 0 Å². The van der Waals surface area contributed by atoms with E-state index in [9.17, 15) is 9.59 Å². The molecule has 1 rings (SSSR count). The van der Waals surface area contributed by atoms with Crippen molar-refractivity contribution in [2.24, 2.45) is 0 Å². The van der Waals surface area contributed by atoms with Gasteiger partial charge in [-0.2, -0.15) is 0 Å². The second-order valence-electron chi connectivity index (χ2n) is 1.90. The van der Waals surface area contributed by atoms with Gasteiger partial charge < -0.3 is 5.11 Å². The molecule has 0 bridgehead atoms. The highest BCUT2D eigenvalue weighted by molar-refractivity contribution is 7.12. The molecule has 0 aromatic carbocycles. The molecule has 4 heteroatoms. The van der Waals surface area contributed by atoms with Gasteiger partial charge in [0.25, 0.3) is 0 Å². The summed E-state index contributed by atoms with van der Waals surface area (Å²) >= 11 is 1.12. The zero-order chi connectivity index (χ0) is 8.27. The Bertz CT molecular complexity index is 277. The number of rotatable bonds is 3. The lowest BCUT2D eigenvalue weighted by atomic mass is 10.2. The molecule has 57 valence electrons. The van der Waals surface area contributed by atoms with Crippen LogP contribution in [-0.2, 0) is 11.2 Å². The molecule has 1 heterocycles. The zero-order valence-electron chi connectivity index (χ0n) is 5.53. The van der Waals surface area contributed by atoms with E-state index in [1.165, 1.54) is 0 Å². The van der Waals surface area contributed by atoms with Crippen molar-refractivity contribution in [1.29, 1.82) is 0 Å². The highest BCUT2D eigenvalue weighted by Gasteiger charge is 2.10. The Labute approximate surface area is 67.3 Å². The molecule has 0 aliphatic heterocycles. The highest BCUT2D eigenvalue weighted by Crippen LogP contribution is 2.16. The van der Waals surface area contributed by atoms with Crippen LogP contribution in [0.3, 0.4) is 0 Å². The van der Waals surface area contributed by atoms with E-state index in [2.05, 4.69) is 0 Å². The standard InChI is InChI=1S/C7H5O3S/c8-3-1-5-2-4-11-6(5)7(9)10/h2,4H,1H2,(H,9,10). The van der Waals surface area contributed by atoms with E-state index in [-0.39, 0.29) is 11.3 Å². The van der Waals surface area contributed by atoms with Crippen molar-refractivity contribution in [3.8, 4) is 0 Å². The molecule has 0 saturated carbocycles. The molecular weight excluding hydrogens is 164 g/mol. The molecule has 1 N–H and O–H groups in total. The van der Waals surface area contributed by atoms with Crippen molar-refractivity contribution in [3.05, 3.63) is 21.9 Å². The zero-order valence-corrected chi connectivity index (χ0v) is 6.35. The molecule has 1 aromatic rings. The van der Waals surface area contributed by atoms with Crippen LogP contribution in [0.15, 0.2) is 11.4 Å². The molecule has 0 amide bonds. The van der Waals surface area contributed by atoms with Crippen LogP contribution in [0.25, 0.3) is 0 Å². The number of hydrogen-bond acceptors (Lipinski definition) is 3. The first-order chi connectivity index (χ1) is 5.25. The minimum absolute atomic E-state index is 0.0606. The maximum Gasteiger partial charge on any atom is 0.346 e. The number of carbonyl (C=O) groups is 1. The van der Waals surface area contributed by atoms with Crippen molar-refractivity contribution in [3.63, 3.8) is 0 Å². The van der Waals surface area contributed by atoms with Gasteiger partial charge in [0.1, 0.15) is 4.88 Å². The van der Waals surface area contributed by atoms with Crippen molar-refractivity contribution < 1.29 is 14.7 Å². The Morgan fingerprint density at radius 3 is 3.00 bits per heavy atom. The fraction of sp³-hybridized carbons (Fsp3) is 0.143. The summed E-state index contributed by atoms with van der Waals surface area (Å²) in [6, 6.07) is 1.62. The predicted octanol–water partition coefficient (Wildman–Crippen LogP) is 1.10. The van der Waals surface area contributed by atoms with Crippen LogP contribution in [0.1, 0.15) is 15.2 Å². The number of carboxylic acids is 1. The van der Waals surface area contributed by atoms with Gasteiger partial charge in [-0.25, -0.2) is 4.79 Å². The van der Waals surface area contributed by atoms with Gasteiger partial charge in [0.15, 0.2) is 0 Å². The largest absolute Gasteiger partial charge is 0.477 e. The van der Waals surface area contributed by atoms with Gasteiger partial charge >= 0.3 is 5.97 Å². The fourth-order valence-electron chi connectivity index (χ4n) is 0.740. The topological polar surface area (TPSA) is 54.4 Å². The maximum atomic E-state index is 10.4. The van der Waals surface area contributed by atoms with E-state index in [4.69, 9.17) is 5.11 Å². The number of carbonyl (C=O) groups excluding carboxylic acids is 1. The lowest BCUT2D eigenvalue weighted by Crippen LogP contribution is -1.97. The molecule has 0 aliphatic carbocycles. The SMILES string of the molecule is O=[C]Cc1ccsc1C(=O)O. The molecule has 0 fully saturated rings. The first-order valence-electron chi connectivity index (χ1n) is 2.90. The second-order valence-corrected chi connectivity index (χ2v) is 2.82. The number of aromatic carboxylic acids is 1. The van der Waals surface area contributed by atoms with Gasteiger partial charge in [0, 0.05) is 6.42 Å². The molecule has 0 atom stereocenters. The minimum atomic E-state index is -0.981. The maximum absolute atomic E-state index is 10.4. The molecule has 0 aliphatic rings. The lowest BCUT2D eigenvalue weighted by Gasteiger charge is -1.90. The summed E-state index contributed by atoms with van der Waals surface area (Å²) in [6.45, 7) is 0. The Morgan fingerprint density at radius 2 is 2.45 bits per heavy atom. The molecule has 3 nitrogen and oxygen atoms in total. The van der Waals surface area contributed by atoms with E-state index in [0.717, 1.165) is 11.3 Å². The third kappa shape index (κ3) is 1.65. The van der Waals surface area contributed by atoms with Gasteiger partial charge in [0.2, 0.25) is 6.29 Å². The lowest BCUT2D eigenvalue weighted by molar-refractivity contribution is 0.0701. The normalized spacial score (nSPS) is 9.45. The van der Waals surface area contributed by atoms with E-state index >= 15 is 0 Å². The number of carboxylic acid groups (broad SMARTS) is 1. The van der Waals surface area contributed by atoms with Crippen LogP contribution in [-0.4, -0.2) is 17.4 Å². The number of hydrogen-bond donors (Lipinski definition) is 1. The average Bonchev–Trinajstić information content (AvgIpc) is 2.36. The molecule has 11 heavy (non-hydrogen) atoms. The predicted molar refractivity (Wildman–Crippen MR) is 40.7 cm³/mol. The monoisotopic (exact) mass is 169 g/mol. The second kappa shape index (κ2) is 3.30. The molecule has 0 spiro atoms. The van der Waals surface area contributed by atoms with Gasteiger partial charge in [-0.1, -0.05) is 0 Å². The van der Waals surface area contributed by atoms with Crippen LogP contribution >= 0.6 is 11.3 Å². The summed E-state index contributed by atoms with van der Waals surface area (Å²) in [6.07, 6.45) is 1.72. The van der Waals surface area contributed by atoms with E-state index in [1.807, 2.05) is 0 Å². The summed E-state index contributed by atoms with van der Waals surface area (Å²) in [5.41, 5.74) is 0.539. The van der Waals surface area contributed by atoms with Gasteiger partial charge in [-0.05, 0) is 17.0 Å². The summed E-state index contributed by atoms with van der Waals surface area (Å²) in [5.74, 6) is -0.981. The van der Waals surface area contributed by atoms with Crippen molar-refractivity contribution in [2.45, 2.75) is 6.42 Å². The third-order valence-electron chi connectivity index (χ3n) is 1.20.